The summed E-state index contributed by atoms with van der Waals surface area (Å²) in [7, 11) is 3.99. The van der Waals surface area contributed by atoms with Crippen molar-refractivity contribution in [3.8, 4) is 0 Å². The Balaban J connectivity index is 0.000000231. The second-order valence-corrected chi connectivity index (χ2v) is 9.12. The van der Waals surface area contributed by atoms with Crippen LogP contribution in [0.25, 0.3) is 0 Å². The predicted molar refractivity (Wildman–Crippen MR) is 151 cm³/mol. The Kier molecular flexibility index (Phi) is 10.3. The Morgan fingerprint density at radius 1 is 1.23 bits per heavy atom. The van der Waals surface area contributed by atoms with Crippen LogP contribution in [-0.4, -0.2) is 51.0 Å². The number of allylic oxidation sites excluding steroid dienone is 2. The molecule has 1 saturated heterocycles. The van der Waals surface area contributed by atoms with Crippen LogP contribution >= 0.6 is 0 Å². The van der Waals surface area contributed by atoms with Gasteiger partial charge in [-0.05, 0) is 60.9 Å². The third-order valence-electron chi connectivity index (χ3n) is 6.00. The first kappa shape index (κ1) is 27.9. The number of carbonyl (C=O) groups is 1. The SMILES string of the molecule is C=CC1=C(C(=C)C(=C)C)OB2C=CNC2C1.CC.CC1CN(C(=O)Nc2ccc(N(C)C)cc2)C1. The summed E-state index contributed by atoms with van der Waals surface area (Å²) in [5.41, 5.74) is 4.88. The summed E-state index contributed by atoms with van der Waals surface area (Å²) < 4.78 is 5.94. The summed E-state index contributed by atoms with van der Waals surface area (Å²) in [6.45, 7) is 21.7. The van der Waals surface area contributed by atoms with Gasteiger partial charge in [0.15, 0.2) is 0 Å². The molecular formula is C28H41BN4O2. The summed E-state index contributed by atoms with van der Waals surface area (Å²) in [4.78, 5) is 15.6. The summed E-state index contributed by atoms with van der Waals surface area (Å²) in [6.07, 6.45) is 4.71. The lowest BCUT2D eigenvalue weighted by Gasteiger charge is -2.36. The molecule has 0 aliphatic carbocycles. The van der Waals surface area contributed by atoms with E-state index in [1.54, 1.807) is 0 Å². The number of hydrogen-bond acceptors (Lipinski definition) is 4. The van der Waals surface area contributed by atoms with Crippen LogP contribution in [0.3, 0.4) is 0 Å². The Bertz CT molecular complexity index is 975. The van der Waals surface area contributed by atoms with Crippen LogP contribution in [0.4, 0.5) is 16.2 Å². The first-order valence-corrected chi connectivity index (χ1v) is 12.3. The Morgan fingerprint density at radius 2 is 1.86 bits per heavy atom. The maximum atomic E-state index is 11.8. The summed E-state index contributed by atoms with van der Waals surface area (Å²) in [5.74, 6) is 3.85. The highest BCUT2D eigenvalue weighted by atomic mass is 16.4. The fraction of sp³-hybridized carbons (Fsp3) is 0.393. The van der Waals surface area contributed by atoms with Crippen LogP contribution in [0, 0.1) is 5.92 Å². The monoisotopic (exact) mass is 476 g/mol. The molecule has 7 heteroatoms. The van der Waals surface area contributed by atoms with Gasteiger partial charge in [-0.25, -0.2) is 4.79 Å². The van der Waals surface area contributed by atoms with Crippen molar-refractivity contribution < 1.29 is 9.45 Å². The fourth-order valence-corrected chi connectivity index (χ4v) is 3.89. The van der Waals surface area contributed by atoms with E-state index in [1.165, 1.54) is 0 Å². The fourth-order valence-electron chi connectivity index (χ4n) is 3.89. The van der Waals surface area contributed by atoms with Crippen LogP contribution in [0.2, 0.25) is 0 Å². The van der Waals surface area contributed by atoms with Crippen molar-refractivity contribution in [3.05, 3.63) is 84.7 Å². The predicted octanol–water partition coefficient (Wildman–Crippen LogP) is 5.80. The molecule has 0 aromatic heterocycles. The minimum absolute atomic E-state index is 0.000651. The molecule has 1 aromatic carbocycles. The molecule has 0 spiro atoms. The van der Waals surface area contributed by atoms with Gasteiger partial charge in [-0.2, -0.15) is 0 Å². The number of rotatable bonds is 5. The molecule has 1 fully saturated rings. The zero-order valence-corrected chi connectivity index (χ0v) is 22.2. The second-order valence-electron chi connectivity index (χ2n) is 9.12. The highest BCUT2D eigenvalue weighted by Gasteiger charge is 2.36. The molecule has 3 aliphatic heterocycles. The normalized spacial score (nSPS) is 17.8. The van der Waals surface area contributed by atoms with Crippen molar-refractivity contribution in [2.75, 3.05) is 37.4 Å². The average molecular weight is 476 g/mol. The summed E-state index contributed by atoms with van der Waals surface area (Å²) in [6, 6.07) is 7.84. The number of amides is 2. The molecule has 3 aliphatic rings. The van der Waals surface area contributed by atoms with Crippen molar-refractivity contribution in [2.24, 2.45) is 5.92 Å². The van der Waals surface area contributed by atoms with E-state index >= 15 is 0 Å². The topological polar surface area (TPSA) is 56.8 Å². The van der Waals surface area contributed by atoms with Crippen LogP contribution in [0.1, 0.15) is 34.1 Å². The number of hydrogen-bond donors (Lipinski definition) is 2. The number of likely N-dealkylation sites (tertiary alicyclic amines) is 1. The quantitative estimate of drug-likeness (QED) is 0.417. The molecular weight excluding hydrogens is 435 g/mol. The van der Waals surface area contributed by atoms with Gasteiger partial charge < -0.3 is 25.1 Å². The van der Waals surface area contributed by atoms with E-state index in [4.69, 9.17) is 4.65 Å². The molecule has 0 saturated carbocycles. The molecule has 1 atom stereocenters. The van der Waals surface area contributed by atoms with E-state index in [9.17, 15) is 4.79 Å². The minimum Gasteiger partial charge on any atom is -0.554 e. The van der Waals surface area contributed by atoms with E-state index in [0.717, 1.165) is 53.4 Å². The minimum atomic E-state index is 0.000651. The molecule has 4 rings (SSSR count). The Labute approximate surface area is 212 Å². The smallest absolute Gasteiger partial charge is 0.408 e. The molecule has 6 nitrogen and oxygen atoms in total. The van der Waals surface area contributed by atoms with E-state index in [1.807, 2.05) is 87.2 Å². The summed E-state index contributed by atoms with van der Waals surface area (Å²) in [5, 5.41) is 6.17. The van der Waals surface area contributed by atoms with Crippen molar-refractivity contribution in [1.82, 2.24) is 10.2 Å². The Hall–Kier alpha value is -3.35. The van der Waals surface area contributed by atoms with Crippen LogP contribution < -0.4 is 15.5 Å². The van der Waals surface area contributed by atoms with Gasteiger partial charge in [0.1, 0.15) is 5.76 Å². The van der Waals surface area contributed by atoms with Crippen molar-refractivity contribution in [3.63, 3.8) is 0 Å². The van der Waals surface area contributed by atoms with Crippen molar-refractivity contribution in [2.45, 2.75) is 40.1 Å². The number of carbonyl (C=O) groups excluding carboxylic acids is 1. The van der Waals surface area contributed by atoms with Gasteiger partial charge in [0.05, 0.1) is 5.94 Å². The van der Waals surface area contributed by atoms with Crippen molar-refractivity contribution in [1.29, 1.82) is 0 Å². The molecule has 35 heavy (non-hydrogen) atoms. The molecule has 2 N–H and O–H groups in total. The number of benzene rings is 1. The van der Waals surface area contributed by atoms with Gasteiger partial charge in [0.2, 0.25) is 0 Å². The van der Waals surface area contributed by atoms with E-state index in [-0.39, 0.29) is 12.9 Å². The average Bonchev–Trinajstić information content (AvgIpc) is 3.30. The number of fused-ring (bicyclic) bond motifs is 1. The lowest BCUT2D eigenvalue weighted by atomic mass is 9.58. The van der Waals surface area contributed by atoms with Gasteiger partial charge >= 0.3 is 12.9 Å². The molecule has 0 bridgehead atoms. The first-order chi connectivity index (χ1) is 16.7. The van der Waals surface area contributed by atoms with E-state index in [0.29, 0.717) is 11.9 Å². The molecule has 1 aromatic rings. The molecule has 188 valence electrons. The van der Waals surface area contributed by atoms with E-state index in [2.05, 4.69) is 37.3 Å². The largest absolute Gasteiger partial charge is 0.554 e. The van der Waals surface area contributed by atoms with Crippen molar-refractivity contribution >= 4 is 24.3 Å². The summed E-state index contributed by atoms with van der Waals surface area (Å²) >= 11 is 0. The van der Waals surface area contributed by atoms with Gasteiger partial charge in [-0.15, -0.1) is 0 Å². The van der Waals surface area contributed by atoms with Gasteiger partial charge in [-0.3, -0.25) is 0 Å². The van der Waals surface area contributed by atoms with Crippen LogP contribution in [0.5, 0.6) is 0 Å². The lowest BCUT2D eigenvalue weighted by Crippen LogP contribution is -2.50. The zero-order valence-electron chi connectivity index (χ0n) is 22.2. The molecule has 1 unspecified atom stereocenters. The first-order valence-electron chi connectivity index (χ1n) is 12.3. The number of nitrogens with one attached hydrogen (secondary N) is 2. The number of urea groups is 1. The highest BCUT2D eigenvalue weighted by Crippen LogP contribution is 2.31. The molecule has 2 amide bonds. The van der Waals surface area contributed by atoms with Gasteiger partial charge in [0, 0.05) is 44.1 Å². The highest BCUT2D eigenvalue weighted by molar-refractivity contribution is 6.61. The second kappa shape index (κ2) is 12.9. The third-order valence-corrected chi connectivity index (χ3v) is 6.00. The van der Waals surface area contributed by atoms with Crippen LogP contribution in [-0.2, 0) is 4.65 Å². The van der Waals surface area contributed by atoms with Crippen LogP contribution in [0.15, 0.2) is 84.7 Å². The number of nitrogens with zero attached hydrogens (tertiary/aromatic N) is 2. The van der Waals surface area contributed by atoms with Gasteiger partial charge in [-0.1, -0.05) is 52.6 Å². The van der Waals surface area contributed by atoms with E-state index < -0.39 is 0 Å². The molecule has 0 radical (unpaired) electrons. The standard InChI is InChI=1S/C13H16BNO.C13H19N3O.C2H6/c1-5-11-8-12-14(6-7-15-12)16-13(11)10(4)9(2)3;1-10-8-16(9-10)13(17)14-11-4-6-12(7-5-11)15(2)3;1-2/h5-7,12,15H,1-2,4,8H2,3H3;4-7,10H,8-9H2,1-3H3,(H,14,17);1-2H3. The van der Waals surface area contributed by atoms with Gasteiger partial charge in [0.25, 0.3) is 0 Å². The number of anilines is 2. The lowest BCUT2D eigenvalue weighted by molar-refractivity contribution is 0.141. The maximum absolute atomic E-state index is 11.8. The molecule has 3 heterocycles. The maximum Gasteiger partial charge on any atom is 0.408 e. The Morgan fingerprint density at radius 3 is 2.37 bits per heavy atom. The third kappa shape index (κ3) is 7.32. The zero-order chi connectivity index (χ0) is 26.1.